The topological polar surface area (TPSA) is 69.6 Å². The van der Waals surface area contributed by atoms with Gasteiger partial charge in [-0.15, -0.1) is 0 Å². The van der Waals surface area contributed by atoms with Gasteiger partial charge in [0, 0.05) is 17.5 Å². The monoisotopic (exact) mass is 387 g/mol. The molecule has 3 atom stereocenters. The lowest BCUT2D eigenvalue weighted by atomic mass is 9.95. The summed E-state index contributed by atoms with van der Waals surface area (Å²) in [5.74, 6) is -0.125. The molecule has 0 aromatic carbocycles. The Morgan fingerprint density at radius 3 is 2.25 bits per heavy atom. The number of rotatable bonds is 11. The summed E-state index contributed by atoms with van der Waals surface area (Å²) >= 11 is 0. The highest BCUT2D eigenvalue weighted by molar-refractivity contribution is 5.93. The van der Waals surface area contributed by atoms with Gasteiger partial charge in [0.2, 0.25) is 5.91 Å². The van der Waals surface area contributed by atoms with Crippen LogP contribution in [0.2, 0.25) is 0 Å². The highest BCUT2D eigenvalue weighted by Crippen LogP contribution is 2.16. The lowest BCUT2D eigenvalue weighted by Crippen LogP contribution is -2.35. The Labute approximate surface area is 170 Å². The van der Waals surface area contributed by atoms with Crippen LogP contribution in [0.25, 0.3) is 0 Å². The van der Waals surface area contributed by atoms with E-state index in [1.807, 2.05) is 51.2 Å². The van der Waals surface area contributed by atoms with Crippen molar-refractivity contribution >= 4 is 5.91 Å². The quantitative estimate of drug-likeness (QED) is 0.280. The summed E-state index contributed by atoms with van der Waals surface area (Å²) in [5, 5.41) is 21.9. The van der Waals surface area contributed by atoms with E-state index in [0.29, 0.717) is 5.57 Å². The molecule has 0 aliphatic heterocycles. The maximum Gasteiger partial charge on any atom is 0.247 e. The van der Waals surface area contributed by atoms with Crippen molar-refractivity contribution in [1.82, 2.24) is 5.32 Å². The van der Waals surface area contributed by atoms with Gasteiger partial charge in [-0.25, -0.2) is 0 Å². The van der Waals surface area contributed by atoms with Gasteiger partial charge in [0.1, 0.15) is 0 Å². The van der Waals surface area contributed by atoms with Crippen LogP contribution < -0.4 is 5.32 Å². The van der Waals surface area contributed by atoms with Gasteiger partial charge in [0.05, 0.1) is 12.7 Å². The van der Waals surface area contributed by atoms with E-state index in [4.69, 9.17) is 5.11 Å². The molecule has 0 saturated heterocycles. The van der Waals surface area contributed by atoms with E-state index in [0.717, 1.165) is 17.6 Å². The first kappa shape index (κ1) is 25.8. The summed E-state index contributed by atoms with van der Waals surface area (Å²) in [6, 6.07) is -0.253. The van der Waals surface area contributed by atoms with Gasteiger partial charge in [-0.2, -0.15) is 0 Å². The molecule has 3 N–H and O–H groups in total. The molecule has 0 bridgehead atoms. The number of amides is 1. The van der Waals surface area contributed by atoms with Crippen molar-refractivity contribution in [3.05, 3.63) is 71.4 Å². The fourth-order valence-electron chi connectivity index (χ4n) is 2.48. The Morgan fingerprint density at radius 1 is 1.04 bits per heavy atom. The third-order valence-corrected chi connectivity index (χ3v) is 4.18. The molecule has 0 rings (SSSR count). The van der Waals surface area contributed by atoms with Crippen molar-refractivity contribution in [2.45, 2.75) is 60.1 Å². The van der Waals surface area contributed by atoms with Crippen LogP contribution in [-0.2, 0) is 4.79 Å². The first-order valence-electron chi connectivity index (χ1n) is 9.86. The molecular weight excluding hydrogens is 350 g/mol. The predicted octanol–water partition coefficient (Wildman–Crippen LogP) is 4.40. The van der Waals surface area contributed by atoms with E-state index >= 15 is 0 Å². The van der Waals surface area contributed by atoms with Crippen molar-refractivity contribution in [1.29, 1.82) is 0 Å². The second-order valence-electron chi connectivity index (χ2n) is 7.11. The zero-order chi connectivity index (χ0) is 21.5. The molecule has 0 fully saturated rings. The normalized spacial score (nSPS) is 17.5. The minimum absolute atomic E-state index is 0.0594. The molecule has 4 nitrogen and oxygen atoms in total. The van der Waals surface area contributed by atoms with Gasteiger partial charge in [-0.3, -0.25) is 4.79 Å². The van der Waals surface area contributed by atoms with Crippen molar-refractivity contribution in [2.24, 2.45) is 5.92 Å². The van der Waals surface area contributed by atoms with Gasteiger partial charge in [0.15, 0.2) is 0 Å². The fraction of sp³-hybridized carbons (Fsp3) is 0.458. The third kappa shape index (κ3) is 11.5. The molecule has 0 spiro atoms. The summed E-state index contributed by atoms with van der Waals surface area (Å²) < 4.78 is 0. The fourth-order valence-corrected chi connectivity index (χ4v) is 2.48. The Balaban J connectivity index is 4.59. The molecule has 0 heterocycles. The Hall–Kier alpha value is -2.17. The van der Waals surface area contributed by atoms with Crippen molar-refractivity contribution in [3.63, 3.8) is 0 Å². The summed E-state index contributed by atoms with van der Waals surface area (Å²) in [6.45, 7) is 11.5. The highest BCUT2D eigenvalue weighted by Gasteiger charge is 2.13. The van der Waals surface area contributed by atoms with Gasteiger partial charge >= 0.3 is 0 Å². The van der Waals surface area contributed by atoms with Crippen LogP contribution in [0.5, 0.6) is 0 Å². The number of hydrogen-bond donors (Lipinski definition) is 3. The predicted molar refractivity (Wildman–Crippen MR) is 119 cm³/mol. The standard InChI is InChI=1S/C24H37NO3/c1-7-13-19(3)23(27)21(5)16-18(2)14-11-9-8-10-12-15-20(4)24(28)25-22(6)17-26/h8-16,21-23,26-27H,7,17H2,1-6H3,(H,25,28)/b9-8+,12-10+,14-11+,18-16+,19-13+,20-15+. The number of hydrogen-bond acceptors (Lipinski definition) is 3. The smallest absolute Gasteiger partial charge is 0.247 e. The van der Waals surface area contributed by atoms with Crippen LogP contribution in [0.3, 0.4) is 0 Å². The third-order valence-electron chi connectivity index (χ3n) is 4.18. The molecule has 28 heavy (non-hydrogen) atoms. The molecule has 3 unspecified atom stereocenters. The summed E-state index contributed by atoms with van der Waals surface area (Å²) in [6.07, 6.45) is 17.7. The maximum atomic E-state index is 11.8. The average Bonchev–Trinajstić information content (AvgIpc) is 2.66. The molecule has 0 saturated carbocycles. The number of carbonyl (C=O) groups excluding carboxylic acids is 1. The van der Waals surface area contributed by atoms with Gasteiger partial charge in [0.25, 0.3) is 0 Å². The largest absolute Gasteiger partial charge is 0.394 e. The lowest BCUT2D eigenvalue weighted by Gasteiger charge is -2.17. The van der Waals surface area contributed by atoms with E-state index in [1.54, 1.807) is 26.0 Å². The van der Waals surface area contributed by atoms with Crippen molar-refractivity contribution in [2.75, 3.05) is 6.61 Å². The molecule has 1 amide bonds. The van der Waals surface area contributed by atoms with E-state index in [1.165, 1.54) is 0 Å². The van der Waals surface area contributed by atoms with E-state index in [2.05, 4.69) is 24.4 Å². The van der Waals surface area contributed by atoms with Crippen molar-refractivity contribution < 1.29 is 15.0 Å². The minimum Gasteiger partial charge on any atom is -0.394 e. The van der Waals surface area contributed by atoms with E-state index < -0.39 is 6.10 Å². The molecule has 4 heteroatoms. The molecule has 0 aliphatic rings. The first-order chi connectivity index (χ1) is 13.2. The van der Waals surface area contributed by atoms with Gasteiger partial charge in [-0.1, -0.05) is 74.1 Å². The minimum atomic E-state index is -0.450. The maximum absolute atomic E-state index is 11.8. The zero-order valence-corrected chi connectivity index (χ0v) is 18.1. The zero-order valence-electron chi connectivity index (χ0n) is 18.1. The number of carbonyl (C=O) groups is 1. The Bertz CT molecular complexity index is 651. The van der Waals surface area contributed by atoms with Crippen LogP contribution in [0.1, 0.15) is 48.0 Å². The second-order valence-corrected chi connectivity index (χ2v) is 7.11. The van der Waals surface area contributed by atoms with Crippen LogP contribution in [0.15, 0.2) is 71.4 Å². The second kappa shape index (κ2) is 14.8. The molecule has 0 aromatic heterocycles. The summed E-state index contributed by atoms with van der Waals surface area (Å²) in [5.41, 5.74) is 2.69. The molecular formula is C24H37NO3. The van der Waals surface area contributed by atoms with E-state index in [9.17, 15) is 9.90 Å². The van der Waals surface area contributed by atoms with Crippen LogP contribution in [-0.4, -0.2) is 34.9 Å². The first-order valence-corrected chi connectivity index (χ1v) is 9.86. The summed E-state index contributed by atoms with van der Waals surface area (Å²) in [7, 11) is 0. The van der Waals surface area contributed by atoms with Crippen molar-refractivity contribution in [3.8, 4) is 0 Å². The van der Waals surface area contributed by atoms with Gasteiger partial charge < -0.3 is 15.5 Å². The summed E-state index contributed by atoms with van der Waals surface area (Å²) in [4.78, 5) is 11.8. The lowest BCUT2D eigenvalue weighted by molar-refractivity contribution is -0.118. The molecule has 0 radical (unpaired) electrons. The Kier molecular flexibility index (Phi) is 13.7. The number of allylic oxidation sites excluding steroid dienone is 9. The van der Waals surface area contributed by atoms with Crippen LogP contribution >= 0.6 is 0 Å². The highest BCUT2D eigenvalue weighted by atomic mass is 16.3. The number of aliphatic hydroxyl groups excluding tert-OH is 2. The SMILES string of the molecule is CC/C=C(\C)C(O)C(C)/C=C(C)/C=C/C=C/C=C/C=C(\C)C(=O)NC(C)CO. The van der Waals surface area contributed by atoms with E-state index in [-0.39, 0.29) is 24.5 Å². The van der Waals surface area contributed by atoms with Crippen LogP contribution in [0, 0.1) is 5.92 Å². The molecule has 156 valence electrons. The molecule has 0 aliphatic carbocycles. The Morgan fingerprint density at radius 2 is 1.64 bits per heavy atom. The van der Waals surface area contributed by atoms with Crippen LogP contribution in [0.4, 0.5) is 0 Å². The number of nitrogens with one attached hydrogen (secondary N) is 1. The number of aliphatic hydroxyl groups is 2. The molecule has 0 aromatic rings. The average molecular weight is 388 g/mol. The van der Waals surface area contributed by atoms with Gasteiger partial charge in [-0.05, 0) is 39.7 Å².